The molecule has 2 N–H and O–H groups in total. The lowest BCUT2D eigenvalue weighted by Crippen LogP contribution is -2.26. The first-order chi connectivity index (χ1) is 10.2. The van der Waals surface area contributed by atoms with Crippen LogP contribution in [0.2, 0.25) is 0 Å². The van der Waals surface area contributed by atoms with Crippen LogP contribution in [0, 0.1) is 0 Å². The molecule has 0 spiro atoms. The van der Waals surface area contributed by atoms with Crippen molar-refractivity contribution in [3.8, 4) is 0 Å². The van der Waals surface area contributed by atoms with Crippen molar-refractivity contribution < 1.29 is 5.11 Å². The first kappa shape index (κ1) is 16.1. The maximum atomic E-state index is 9.27. The highest BCUT2D eigenvalue weighted by atomic mass is 79.9. The Morgan fingerprint density at radius 3 is 2.57 bits per heavy atom. The van der Waals surface area contributed by atoms with E-state index in [1.54, 1.807) is 0 Å². The molecule has 112 valence electrons. The van der Waals surface area contributed by atoms with E-state index in [1.165, 1.54) is 5.56 Å². The second-order valence-electron chi connectivity index (χ2n) is 5.14. The van der Waals surface area contributed by atoms with E-state index in [0.29, 0.717) is 5.92 Å². The maximum absolute atomic E-state index is 9.27. The molecule has 2 atom stereocenters. The summed E-state index contributed by atoms with van der Waals surface area (Å²) in [6.07, 6.45) is 0.760. The van der Waals surface area contributed by atoms with E-state index in [0.717, 1.165) is 23.3 Å². The average Bonchev–Trinajstić information content (AvgIpc) is 2.52. The molecule has 0 aliphatic carbocycles. The Morgan fingerprint density at radius 2 is 1.90 bits per heavy atom. The summed E-state index contributed by atoms with van der Waals surface area (Å²) in [6.45, 7) is 3.13. The molecule has 21 heavy (non-hydrogen) atoms. The maximum Gasteiger partial charge on any atom is 0.106 e. The molecule has 1 heterocycles. The molecule has 0 radical (unpaired) electrons. The molecule has 2 rings (SSSR count). The number of halogens is 1. The summed E-state index contributed by atoms with van der Waals surface area (Å²) in [5.74, 6) is 0.311. The number of aliphatic hydroxyl groups is 1. The van der Waals surface area contributed by atoms with Crippen LogP contribution in [0.1, 0.15) is 36.6 Å². The third-order valence-corrected chi connectivity index (χ3v) is 4.04. The molecule has 0 aliphatic rings. The Hall–Kier alpha value is -1.23. The second kappa shape index (κ2) is 8.27. The number of hydrogen-bond acceptors (Lipinski definition) is 3. The van der Waals surface area contributed by atoms with Crippen LogP contribution in [0.4, 0.5) is 0 Å². The number of nitrogens with zero attached hydrogens (tertiary/aromatic N) is 1. The van der Waals surface area contributed by atoms with Crippen LogP contribution in [0.25, 0.3) is 0 Å². The first-order valence-corrected chi connectivity index (χ1v) is 8.01. The molecule has 0 fully saturated rings. The number of aromatic nitrogens is 1. The Labute approximate surface area is 134 Å². The lowest BCUT2D eigenvalue weighted by atomic mass is 9.95. The van der Waals surface area contributed by atoms with Crippen LogP contribution < -0.4 is 5.32 Å². The minimum absolute atomic E-state index is 0.174. The quantitative estimate of drug-likeness (QED) is 0.750. The van der Waals surface area contributed by atoms with Crippen molar-refractivity contribution in [3.63, 3.8) is 0 Å². The largest absolute Gasteiger partial charge is 0.396 e. The highest BCUT2D eigenvalue weighted by molar-refractivity contribution is 9.10. The van der Waals surface area contributed by atoms with E-state index >= 15 is 0 Å². The molecular weight excluding hydrogens is 328 g/mol. The number of benzene rings is 1. The van der Waals surface area contributed by atoms with Crippen molar-refractivity contribution in [3.05, 3.63) is 64.4 Å². The molecule has 0 saturated carbocycles. The zero-order valence-corrected chi connectivity index (χ0v) is 13.8. The summed E-state index contributed by atoms with van der Waals surface area (Å²) in [5.41, 5.74) is 2.27. The third kappa shape index (κ3) is 4.92. The molecule has 0 aliphatic heterocycles. The SMILES string of the molecule is CC(NCC(CCO)c1ccccc1)c1cccc(Br)n1. The molecule has 4 heteroatoms. The van der Waals surface area contributed by atoms with Crippen molar-refractivity contribution in [1.82, 2.24) is 10.3 Å². The van der Waals surface area contributed by atoms with Crippen LogP contribution in [0.15, 0.2) is 53.1 Å². The van der Waals surface area contributed by atoms with Gasteiger partial charge in [0.05, 0.1) is 5.69 Å². The first-order valence-electron chi connectivity index (χ1n) is 7.22. The normalized spacial score (nSPS) is 13.9. The van der Waals surface area contributed by atoms with Gasteiger partial charge >= 0.3 is 0 Å². The molecular formula is C17H21BrN2O. The van der Waals surface area contributed by atoms with Gasteiger partial charge in [-0.3, -0.25) is 0 Å². The van der Waals surface area contributed by atoms with Crippen LogP contribution in [-0.4, -0.2) is 23.2 Å². The summed E-state index contributed by atoms with van der Waals surface area (Å²) in [6, 6.07) is 16.4. The van der Waals surface area contributed by atoms with Gasteiger partial charge in [0, 0.05) is 19.2 Å². The van der Waals surface area contributed by atoms with Gasteiger partial charge in [0.2, 0.25) is 0 Å². The van der Waals surface area contributed by atoms with E-state index in [9.17, 15) is 5.11 Å². The van der Waals surface area contributed by atoms with E-state index in [-0.39, 0.29) is 12.6 Å². The van der Waals surface area contributed by atoms with E-state index in [4.69, 9.17) is 0 Å². The molecule has 1 aromatic carbocycles. The van der Waals surface area contributed by atoms with Gasteiger partial charge < -0.3 is 10.4 Å². The van der Waals surface area contributed by atoms with Crippen molar-refractivity contribution in [2.75, 3.05) is 13.2 Å². The second-order valence-corrected chi connectivity index (χ2v) is 5.95. The van der Waals surface area contributed by atoms with E-state index < -0.39 is 0 Å². The molecule has 2 aromatic rings. The van der Waals surface area contributed by atoms with Gasteiger partial charge in [-0.1, -0.05) is 36.4 Å². The van der Waals surface area contributed by atoms with E-state index in [2.05, 4.69) is 45.3 Å². The Balaban J connectivity index is 1.98. The lowest BCUT2D eigenvalue weighted by molar-refractivity contribution is 0.272. The van der Waals surface area contributed by atoms with Crippen LogP contribution in [0.3, 0.4) is 0 Å². The standard InChI is InChI=1S/C17H21BrN2O/c1-13(16-8-5-9-17(18)20-16)19-12-15(10-11-21)14-6-3-2-4-7-14/h2-9,13,15,19,21H,10-12H2,1H3. The van der Waals surface area contributed by atoms with Gasteiger partial charge in [-0.25, -0.2) is 4.98 Å². The van der Waals surface area contributed by atoms with Gasteiger partial charge in [-0.2, -0.15) is 0 Å². The van der Waals surface area contributed by atoms with Crippen molar-refractivity contribution in [2.45, 2.75) is 25.3 Å². The molecule has 2 unspecified atom stereocenters. The number of hydrogen-bond donors (Lipinski definition) is 2. The van der Waals surface area contributed by atoms with Crippen molar-refractivity contribution in [1.29, 1.82) is 0 Å². The minimum Gasteiger partial charge on any atom is -0.396 e. The predicted molar refractivity (Wildman–Crippen MR) is 89.2 cm³/mol. The smallest absolute Gasteiger partial charge is 0.106 e. The minimum atomic E-state index is 0.174. The topological polar surface area (TPSA) is 45.1 Å². The fraction of sp³-hybridized carbons (Fsp3) is 0.353. The number of nitrogens with one attached hydrogen (secondary N) is 1. The molecule has 1 aromatic heterocycles. The van der Waals surface area contributed by atoms with Crippen LogP contribution in [-0.2, 0) is 0 Å². The fourth-order valence-electron chi connectivity index (χ4n) is 2.36. The molecule has 0 saturated heterocycles. The molecule has 0 amide bonds. The predicted octanol–water partition coefficient (Wildman–Crippen LogP) is 3.66. The Kier molecular flexibility index (Phi) is 6.36. The van der Waals surface area contributed by atoms with Gasteiger partial charge in [-0.15, -0.1) is 0 Å². The Bertz CT molecular complexity index is 547. The Morgan fingerprint density at radius 1 is 1.14 bits per heavy atom. The van der Waals surface area contributed by atoms with Crippen LogP contribution >= 0.6 is 15.9 Å². The van der Waals surface area contributed by atoms with Crippen molar-refractivity contribution >= 4 is 15.9 Å². The van der Waals surface area contributed by atoms with Gasteiger partial charge in [-0.05, 0) is 52.9 Å². The third-order valence-electron chi connectivity index (χ3n) is 3.60. The summed E-state index contributed by atoms with van der Waals surface area (Å²) in [7, 11) is 0. The summed E-state index contributed by atoms with van der Waals surface area (Å²) in [5, 5.41) is 12.8. The number of rotatable bonds is 7. The highest BCUT2D eigenvalue weighted by Crippen LogP contribution is 2.20. The van der Waals surface area contributed by atoms with E-state index in [1.807, 2.05) is 36.4 Å². The van der Waals surface area contributed by atoms with Crippen molar-refractivity contribution in [2.24, 2.45) is 0 Å². The lowest BCUT2D eigenvalue weighted by Gasteiger charge is -2.20. The summed E-state index contributed by atoms with van der Waals surface area (Å²) < 4.78 is 0.851. The number of pyridine rings is 1. The molecule has 0 bridgehead atoms. The summed E-state index contributed by atoms with van der Waals surface area (Å²) in [4.78, 5) is 4.47. The van der Waals surface area contributed by atoms with Gasteiger partial charge in [0.15, 0.2) is 0 Å². The monoisotopic (exact) mass is 348 g/mol. The number of aliphatic hydroxyl groups excluding tert-OH is 1. The zero-order chi connectivity index (χ0) is 15.1. The molecule has 3 nitrogen and oxygen atoms in total. The van der Waals surface area contributed by atoms with Gasteiger partial charge in [0.1, 0.15) is 4.60 Å². The summed E-state index contributed by atoms with van der Waals surface area (Å²) >= 11 is 3.40. The van der Waals surface area contributed by atoms with Crippen LogP contribution in [0.5, 0.6) is 0 Å². The highest BCUT2D eigenvalue weighted by Gasteiger charge is 2.13. The zero-order valence-electron chi connectivity index (χ0n) is 12.2. The van der Waals surface area contributed by atoms with Gasteiger partial charge in [0.25, 0.3) is 0 Å². The fourth-order valence-corrected chi connectivity index (χ4v) is 2.71. The average molecular weight is 349 g/mol.